The monoisotopic (exact) mass is 423 g/mol. The Morgan fingerprint density at radius 2 is 1.90 bits per heavy atom. The highest BCUT2D eigenvalue weighted by atomic mass is 16.5. The van der Waals surface area contributed by atoms with Crippen molar-refractivity contribution in [1.82, 2.24) is 4.90 Å². The minimum atomic E-state index is -1.57. The van der Waals surface area contributed by atoms with Crippen LogP contribution >= 0.6 is 0 Å². The van der Waals surface area contributed by atoms with Crippen molar-refractivity contribution in [3.8, 4) is 0 Å². The van der Waals surface area contributed by atoms with Gasteiger partial charge < -0.3 is 29.9 Å². The van der Waals surface area contributed by atoms with Crippen molar-refractivity contribution >= 4 is 0 Å². The molecule has 4 N–H and O–H groups in total. The van der Waals surface area contributed by atoms with Crippen LogP contribution < -0.4 is 0 Å². The van der Waals surface area contributed by atoms with Crippen LogP contribution in [0.3, 0.4) is 0 Å². The molecule has 7 heteroatoms. The number of hydrogen-bond acceptors (Lipinski definition) is 7. The lowest BCUT2D eigenvalue weighted by molar-refractivity contribution is -0.322. The Balaban J connectivity index is 1.68. The molecule has 0 amide bonds. The molecule has 0 unspecified atom stereocenters. The average molecular weight is 424 g/mol. The quantitative estimate of drug-likeness (QED) is 0.506. The molecule has 6 rings (SSSR count). The molecule has 0 aromatic carbocycles. The number of piperidine rings is 1. The first-order valence-electron chi connectivity index (χ1n) is 11.8. The molecule has 7 bridgehead atoms. The van der Waals surface area contributed by atoms with Crippen LogP contribution in [-0.2, 0) is 9.47 Å². The minimum Gasteiger partial charge on any atom is -0.392 e. The molecule has 1 aliphatic heterocycles. The lowest BCUT2D eigenvalue weighted by Gasteiger charge is -2.70. The fourth-order valence-electron chi connectivity index (χ4n) is 10.5. The van der Waals surface area contributed by atoms with E-state index < -0.39 is 34.9 Å². The van der Waals surface area contributed by atoms with Crippen molar-refractivity contribution < 1.29 is 29.9 Å². The van der Waals surface area contributed by atoms with Gasteiger partial charge >= 0.3 is 0 Å². The van der Waals surface area contributed by atoms with E-state index in [0.29, 0.717) is 12.8 Å². The van der Waals surface area contributed by atoms with Crippen molar-refractivity contribution in [3.63, 3.8) is 0 Å². The summed E-state index contributed by atoms with van der Waals surface area (Å²) in [6.45, 7) is 5.88. The van der Waals surface area contributed by atoms with Crippen molar-refractivity contribution in [2.75, 3.05) is 27.3 Å². The SMILES string of the molecule is CCN1C[C@]2(C)CC[C@H](O)[C@@]34[C@@H]5C[C@H]6[C@H](O)[C@@H]5[C@](OC)(C[C@@H]6OC)[C@@](O)([C@H](O)[C@H]23)[C@@H]14. The number of ether oxygens (including phenoxy) is 2. The second-order valence-electron chi connectivity index (χ2n) is 11.5. The van der Waals surface area contributed by atoms with E-state index in [1.54, 1.807) is 14.2 Å². The Hall–Kier alpha value is -0.280. The lowest BCUT2D eigenvalue weighted by Crippen LogP contribution is -2.82. The third-order valence-corrected chi connectivity index (χ3v) is 11.1. The van der Waals surface area contributed by atoms with Gasteiger partial charge in [-0.15, -0.1) is 0 Å². The Morgan fingerprint density at radius 3 is 2.53 bits per heavy atom. The summed E-state index contributed by atoms with van der Waals surface area (Å²) in [6, 6.07) is -0.388. The fourth-order valence-corrected chi connectivity index (χ4v) is 10.5. The molecule has 0 aromatic rings. The van der Waals surface area contributed by atoms with Gasteiger partial charge in [0.25, 0.3) is 0 Å². The van der Waals surface area contributed by atoms with Crippen LogP contribution in [0.4, 0.5) is 0 Å². The van der Waals surface area contributed by atoms with Gasteiger partial charge in [0.15, 0.2) is 0 Å². The summed E-state index contributed by atoms with van der Waals surface area (Å²) >= 11 is 0. The van der Waals surface area contributed by atoms with E-state index in [2.05, 4.69) is 18.7 Å². The van der Waals surface area contributed by atoms with Crippen LogP contribution in [0.5, 0.6) is 0 Å². The second-order valence-corrected chi connectivity index (χ2v) is 11.5. The third-order valence-electron chi connectivity index (χ3n) is 11.1. The smallest absolute Gasteiger partial charge is 0.136 e. The first-order chi connectivity index (χ1) is 14.2. The number of fused-ring (bicyclic) bond motifs is 2. The van der Waals surface area contributed by atoms with Gasteiger partial charge in [-0.3, -0.25) is 4.90 Å². The Morgan fingerprint density at radius 1 is 1.17 bits per heavy atom. The predicted octanol–water partition coefficient (Wildman–Crippen LogP) is -0.00960. The molecule has 0 radical (unpaired) electrons. The maximum atomic E-state index is 12.7. The maximum Gasteiger partial charge on any atom is 0.136 e. The minimum absolute atomic E-state index is 0.0194. The van der Waals surface area contributed by atoms with Crippen molar-refractivity contribution in [1.29, 1.82) is 0 Å². The van der Waals surface area contributed by atoms with E-state index in [-0.39, 0.29) is 41.2 Å². The Kier molecular flexibility index (Phi) is 3.93. The van der Waals surface area contributed by atoms with Gasteiger partial charge in [-0.05, 0) is 37.1 Å². The summed E-state index contributed by atoms with van der Waals surface area (Å²) < 4.78 is 12.1. The van der Waals surface area contributed by atoms with E-state index in [4.69, 9.17) is 9.47 Å². The molecule has 1 saturated heterocycles. The average Bonchev–Trinajstić information content (AvgIpc) is 3.07. The number of hydrogen-bond donors (Lipinski definition) is 4. The van der Waals surface area contributed by atoms with E-state index in [9.17, 15) is 20.4 Å². The second kappa shape index (κ2) is 5.79. The standard InChI is InChI=1S/C23H37NO6/c1-5-24-10-20(2)7-6-14(25)22-12-8-11-13(29-3)9-21(30-4,15(12)16(11)26)23(28,19(22)24)18(27)17(20)22/h11-19,25-28H,5-10H2,1-4H3/t11-,12-,13+,14+,15-,16+,17-,18-,19+,20+,21-,22+,23-/m1/s1. The number of methoxy groups -OCH3 is 2. The van der Waals surface area contributed by atoms with E-state index >= 15 is 0 Å². The lowest BCUT2D eigenvalue weighted by atomic mass is 9.43. The van der Waals surface area contributed by atoms with Crippen LogP contribution in [0, 0.1) is 34.5 Å². The van der Waals surface area contributed by atoms with Gasteiger partial charge in [-0.2, -0.15) is 0 Å². The maximum absolute atomic E-state index is 12.7. The largest absolute Gasteiger partial charge is 0.392 e. The number of rotatable bonds is 3. The van der Waals surface area contributed by atoms with Gasteiger partial charge in [0, 0.05) is 50.4 Å². The number of likely N-dealkylation sites (N-methyl/N-ethyl adjacent to an activating group) is 1. The molecule has 30 heavy (non-hydrogen) atoms. The highest BCUT2D eigenvalue weighted by molar-refractivity contribution is 5.41. The summed E-state index contributed by atoms with van der Waals surface area (Å²) in [5, 5.41) is 47.7. The molecular formula is C23H37NO6. The van der Waals surface area contributed by atoms with Gasteiger partial charge in [0.2, 0.25) is 0 Å². The molecule has 170 valence electrons. The number of aliphatic hydroxyl groups is 4. The fraction of sp³-hybridized carbons (Fsp3) is 1.00. The highest BCUT2D eigenvalue weighted by Gasteiger charge is 2.90. The van der Waals surface area contributed by atoms with Gasteiger partial charge in [-0.25, -0.2) is 0 Å². The first kappa shape index (κ1) is 20.3. The van der Waals surface area contributed by atoms with Crippen molar-refractivity contribution in [3.05, 3.63) is 0 Å². The molecule has 5 saturated carbocycles. The highest BCUT2D eigenvalue weighted by Crippen LogP contribution is 2.80. The Labute approximate surface area is 178 Å². The predicted molar refractivity (Wildman–Crippen MR) is 108 cm³/mol. The Bertz CT molecular complexity index is 766. The van der Waals surface area contributed by atoms with E-state index in [1.165, 1.54) is 0 Å². The van der Waals surface area contributed by atoms with Crippen LogP contribution in [0.2, 0.25) is 0 Å². The van der Waals surface area contributed by atoms with Crippen molar-refractivity contribution in [2.45, 2.75) is 81.2 Å². The molecule has 1 spiro atoms. The molecular weight excluding hydrogens is 386 g/mol. The van der Waals surface area contributed by atoms with Crippen LogP contribution in [0.25, 0.3) is 0 Å². The van der Waals surface area contributed by atoms with E-state index in [1.807, 2.05) is 0 Å². The number of likely N-dealkylation sites (tertiary alicyclic amines) is 1. The van der Waals surface area contributed by atoms with Crippen LogP contribution in [0.1, 0.15) is 39.5 Å². The molecule has 1 heterocycles. The van der Waals surface area contributed by atoms with Crippen LogP contribution in [0.15, 0.2) is 0 Å². The van der Waals surface area contributed by atoms with Gasteiger partial charge in [0.1, 0.15) is 11.2 Å². The molecule has 5 aliphatic carbocycles. The zero-order valence-corrected chi connectivity index (χ0v) is 18.5. The zero-order valence-electron chi connectivity index (χ0n) is 18.5. The summed E-state index contributed by atoms with van der Waals surface area (Å²) in [5.41, 5.74) is -3.50. The molecule has 6 fully saturated rings. The van der Waals surface area contributed by atoms with Crippen LogP contribution in [-0.4, -0.2) is 94.3 Å². The normalized spacial score (nSPS) is 65.8. The third kappa shape index (κ3) is 1.71. The molecule has 0 aromatic heterocycles. The molecule has 7 nitrogen and oxygen atoms in total. The van der Waals surface area contributed by atoms with E-state index in [0.717, 1.165) is 25.9 Å². The number of aliphatic hydroxyl groups excluding tert-OH is 3. The summed E-state index contributed by atoms with van der Waals surface area (Å²) in [5.74, 6) is -0.567. The molecule has 13 atom stereocenters. The zero-order chi connectivity index (χ0) is 21.4. The summed E-state index contributed by atoms with van der Waals surface area (Å²) in [4.78, 5) is 2.31. The van der Waals surface area contributed by atoms with Gasteiger partial charge in [-0.1, -0.05) is 13.8 Å². The molecule has 6 aliphatic rings. The first-order valence-corrected chi connectivity index (χ1v) is 11.8. The summed E-state index contributed by atoms with van der Waals surface area (Å²) in [7, 11) is 3.27. The van der Waals surface area contributed by atoms with Crippen molar-refractivity contribution in [2.24, 2.45) is 34.5 Å². The summed E-state index contributed by atoms with van der Waals surface area (Å²) in [6.07, 6.45) is 0.198. The topological polar surface area (TPSA) is 103 Å². The number of nitrogens with zero attached hydrogens (tertiary/aromatic N) is 1. The van der Waals surface area contributed by atoms with Gasteiger partial charge in [0.05, 0.1) is 30.5 Å².